The Morgan fingerprint density at radius 2 is 1.47 bits per heavy atom. The summed E-state index contributed by atoms with van der Waals surface area (Å²) in [7, 11) is 0. The zero-order valence-electron chi connectivity index (χ0n) is 12.2. The van der Waals surface area contributed by atoms with Crippen LogP contribution in [0.2, 0.25) is 0 Å². The first-order valence-corrected chi connectivity index (χ1v) is 6.73. The molecule has 2 aromatic rings. The molecule has 19 heavy (non-hydrogen) atoms. The highest BCUT2D eigenvalue weighted by Crippen LogP contribution is 2.27. The van der Waals surface area contributed by atoms with E-state index in [1.807, 2.05) is 6.92 Å². The molecule has 2 aromatic carbocycles. The molecule has 0 amide bonds. The molecular weight excluding hydrogens is 232 g/mol. The van der Waals surface area contributed by atoms with E-state index in [2.05, 4.69) is 63.2 Å². The van der Waals surface area contributed by atoms with Crippen LogP contribution in [0.25, 0.3) is 11.1 Å². The first-order chi connectivity index (χ1) is 8.91. The lowest BCUT2D eigenvalue weighted by Gasteiger charge is -2.19. The second kappa shape index (κ2) is 5.18. The van der Waals surface area contributed by atoms with Crippen LogP contribution in [-0.2, 0) is 12.0 Å². The van der Waals surface area contributed by atoms with Crippen molar-refractivity contribution in [1.82, 2.24) is 0 Å². The predicted octanol–water partition coefficient (Wildman–Crippen LogP) is 4.45. The Hall–Kier alpha value is -1.60. The maximum absolute atomic E-state index is 9.34. The Morgan fingerprint density at radius 3 is 2.00 bits per heavy atom. The van der Waals surface area contributed by atoms with Gasteiger partial charge in [-0.3, -0.25) is 0 Å². The molecule has 0 heterocycles. The molecule has 1 heteroatoms. The number of rotatable bonds is 2. The summed E-state index contributed by atoms with van der Waals surface area (Å²) < 4.78 is 0. The highest BCUT2D eigenvalue weighted by molar-refractivity contribution is 5.65. The highest BCUT2D eigenvalue weighted by atomic mass is 16.3. The van der Waals surface area contributed by atoms with Crippen molar-refractivity contribution in [3.63, 3.8) is 0 Å². The molecule has 100 valence electrons. The van der Waals surface area contributed by atoms with Crippen LogP contribution in [0.15, 0.2) is 42.5 Å². The SMILES string of the molecule is Cc1ccc(-c2ccc(C(C)(C)C)cc2)cc1CO. The maximum atomic E-state index is 9.34. The average molecular weight is 254 g/mol. The van der Waals surface area contributed by atoms with Gasteiger partial charge in [-0.2, -0.15) is 0 Å². The lowest BCUT2D eigenvalue weighted by molar-refractivity contribution is 0.281. The third-order valence-electron chi connectivity index (χ3n) is 3.60. The number of hydrogen-bond acceptors (Lipinski definition) is 1. The zero-order chi connectivity index (χ0) is 14.0. The summed E-state index contributed by atoms with van der Waals surface area (Å²) >= 11 is 0. The average Bonchev–Trinajstić information content (AvgIpc) is 2.38. The summed E-state index contributed by atoms with van der Waals surface area (Å²) in [6.07, 6.45) is 0. The summed E-state index contributed by atoms with van der Waals surface area (Å²) in [5, 5.41) is 9.34. The van der Waals surface area contributed by atoms with Gasteiger partial charge >= 0.3 is 0 Å². The Balaban J connectivity index is 2.37. The van der Waals surface area contributed by atoms with Gasteiger partial charge in [0.15, 0.2) is 0 Å². The van der Waals surface area contributed by atoms with Crippen LogP contribution >= 0.6 is 0 Å². The fourth-order valence-electron chi connectivity index (χ4n) is 2.18. The lowest BCUT2D eigenvalue weighted by Crippen LogP contribution is -2.10. The third kappa shape index (κ3) is 3.05. The van der Waals surface area contributed by atoms with Crippen molar-refractivity contribution < 1.29 is 5.11 Å². The van der Waals surface area contributed by atoms with Crippen LogP contribution in [0.3, 0.4) is 0 Å². The molecule has 0 unspecified atom stereocenters. The molecule has 2 rings (SSSR count). The third-order valence-corrected chi connectivity index (χ3v) is 3.60. The van der Waals surface area contributed by atoms with Gasteiger partial charge in [-0.15, -0.1) is 0 Å². The second-order valence-electron chi connectivity index (χ2n) is 6.13. The van der Waals surface area contributed by atoms with Crippen LogP contribution in [0.4, 0.5) is 0 Å². The van der Waals surface area contributed by atoms with Crippen molar-refractivity contribution in [1.29, 1.82) is 0 Å². The Bertz CT molecular complexity index is 559. The van der Waals surface area contributed by atoms with Gasteiger partial charge < -0.3 is 5.11 Å². The first kappa shape index (κ1) is 13.8. The van der Waals surface area contributed by atoms with E-state index in [1.54, 1.807) is 0 Å². The van der Waals surface area contributed by atoms with Crippen molar-refractivity contribution in [3.05, 3.63) is 59.2 Å². The predicted molar refractivity (Wildman–Crippen MR) is 81.2 cm³/mol. The van der Waals surface area contributed by atoms with Crippen molar-refractivity contribution >= 4 is 0 Å². The minimum atomic E-state index is 0.0970. The first-order valence-electron chi connectivity index (χ1n) is 6.73. The number of hydrogen-bond donors (Lipinski definition) is 1. The fraction of sp³-hybridized carbons (Fsp3) is 0.333. The fourth-order valence-corrected chi connectivity index (χ4v) is 2.18. The summed E-state index contributed by atoms with van der Waals surface area (Å²) in [6.45, 7) is 8.78. The molecule has 0 spiro atoms. The Morgan fingerprint density at radius 1 is 0.895 bits per heavy atom. The van der Waals surface area contributed by atoms with Crippen molar-refractivity contribution in [3.8, 4) is 11.1 Å². The van der Waals surface area contributed by atoms with Crippen LogP contribution in [0, 0.1) is 6.92 Å². The normalized spacial score (nSPS) is 11.6. The number of aryl methyl sites for hydroxylation is 1. The summed E-state index contributed by atoms with van der Waals surface area (Å²) in [6, 6.07) is 14.9. The molecule has 0 aliphatic carbocycles. The Kier molecular flexibility index (Phi) is 3.77. The monoisotopic (exact) mass is 254 g/mol. The molecule has 0 atom stereocenters. The van der Waals surface area contributed by atoms with E-state index in [-0.39, 0.29) is 12.0 Å². The molecule has 0 saturated heterocycles. The van der Waals surface area contributed by atoms with Gasteiger partial charge in [0, 0.05) is 0 Å². The Labute approximate surface area is 115 Å². The van der Waals surface area contributed by atoms with Gasteiger partial charge in [0.2, 0.25) is 0 Å². The summed E-state index contributed by atoms with van der Waals surface area (Å²) in [4.78, 5) is 0. The number of benzene rings is 2. The molecule has 0 fully saturated rings. The van der Waals surface area contributed by atoms with Crippen LogP contribution in [0.5, 0.6) is 0 Å². The number of aliphatic hydroxyl groups is 1. The van der Waals surface area contributed by atoms with Gasteiger partial charge in [-0.1, -0.05) is 57.2 Å². The molecule has 1 nitrogen and oxygen atoms in total. The van der Waals surface area contributed by atoms with Crippen LogP contribution in [-0.4, -0.2) is 5.11 Å². The molecule has 0 aliphatic heterocycles. The van der Waals surface area contributed by atoms with E-state index >= 15 is 0 Å². The van der Waals surface area contributed by atoms with Crippen LogP contribution < -0.4 is 0 Å². The van der Waals surface area contributed by atoms with E-state index in [4.69, 9.17) is 0 Å². The quantitative estimate of drug-likeness (QED) is 0.839. The van der Waals surface area contributed by atoms with Crippen molar-refractivity contribution in [2.45, 2.75) is 39.7 Å². The molecule has 0 saturated carbocycles. The van der Waals surface area contributed by atoms with Gasteiger partial charge in [0.1, 0.15) is 0 Å². The van der Waals surface area contributed by atoms with E-state index in [0.29, 0.717) is 0 Å². The summed E-state index contributed by atoms with van der Waals surface area (Å²) in [5.74, 6) is 0. The molecule has 1 N–H and O–H groups in total. The lowest BCUT2D eigenvalue weighted by atomic mass is 9.86. The van der Waals surface area contributed by atoms with E-state index < -0.39 is 0 Å². The topological polar surface area (TPSA) is 20.2 Å². The maximum Gasteiger partial charge on any atom is 0.0684 e. The van der Waals surface area contributed by atoms with E-state index in [1.165, 1.54) is 11.1 Å². The highest BCUT2D eigenvalue weighted by Gasteiger charge is 2.13. The van der Waals surface area contributed by atoms with Crippen molar-refractivity contribution in [2.75, 3.05) is 0 Å². The van der Waals surface area contributed by atoms with Gasteiger partial charge in [0.25, 0.3) is 0 Å². The van der Waals surface area contributed by atoms with Gasteiger partial charge in [-0.25, -0.2) is 0 Å². The molecular formula is C18H22O. The molecule has 0 aromatic heterocycles. The second-order valence-corrected chi connectivity index (χ2v) is 6.13. The molecule has 0 radical (unpaired) electrons. The van der Waals surface area contributed by atoms with Gasteiger partial charge in [0.05, 0.1) is 6.61 Å². The van der Waals surface area contributed by atoms with E-state index in [9.17, 15) is 5.11 Å². The van der Waals surface area contributed by atoms with E-state index in [0.717, 1.165) is 16.7 Å². The van der Waals surface area contributed by atoms with Crippen molar-refractivity contribution in [2.24, 2.45) is 0 Å². The number of aliphatic hydroxyl groups excluding tert-OH is 1. The standard InChI is InChI=1S/C18H22O/c1-13-5-6-15(11-16(13)12-19)14-7-9-17(10-8-14)18(2,3)4/h5-11,19H,12H2,1-4H3. The summed E-state index contributed by atoms with van der Waals surface area (Å²) in [5.41, 5.74) is 6.01. The van der Waals surface area contributed by atoms with Crippen LogP contribution in [0.1, 0.15) is 37.5 Å². The zero-order valence-corrected chi connectivity index (χ0v) is 12.2. The molecule has 0 bridgehead atoms. The van der Waals surface area contributed by atoms with Gasteiger partial charge in [-0.05, 0) is 46.2 Å². The minimum Gasteiger partial charge on any atom is -0.392 e. The molecule has 0 aliphatic rings. The minimum absolute atomic E-state index is 0.0970. The smallest absolute Gasteiger partial charge is 0.0684 e. The largest absolute Gasteiger partial charge is 0.392 e.